The first-order valence-corrected chi connectivity index (χ1v) is 8.76. The summed E-state index contributed by atoms with van der Waals surface area (Å²) in [5.41, 5.74) is 2.25. The molecule has 3 rings (SSSR count). The predicted octanol–water partition coefficient (Wildman–Crippen LogP) is 1.50. The van der Waals surface area contributed by atoms with Gasteiger partial charge in [-0.1, -0.05) is 6.07 Å². The Morgan fingerprint density at radius 2 is 2.04 bits per heavy atom. The van der Waals surface area contributed by atoms with Crippen molar-refractivity contribution in [3.8, 4) is 0 Å². The number of carbonyl (C=O) groups is 2. The lowest BCUT2D eigenvalue weighted by atomic mass is 10.1. The van der Waals surface area contributed by atoms with Crippen molar-refractivity contribution in [2.45, 2.75) is 32.5 Å². The monoisotopic (exact) mass is 374 g/mol. The molecule has 0 saturated heterocycles. The normalized spacial score (nSPS) is 14.6. The topological polar surface area (TPSA) is 78.7 Å². The number of amides is 2. The molecule has 1 aromatic carbocycles. The first-order chi connectivity index (χ1) is 12.8. The average molecular weight is 374 g/mol. The molecule has 0 bridgehead atoms. The number of aliphatic hydroxyl groups is 1. The molecular formula is C19H23FN4O3. The lowest BCUT2D eigenvalue weighted by Gasteiger charge is -2.28. The van der Waals surface area contributed by atoms with E-state index in [0.717, 1.165) is 11.3 Å². The molecule has 7 nitrogen and oxygen atoms in total. The Labute approximate surface area is 157 Å². The lowest BCUT2D eigenvalue weighted by Crippen LogP contribution is -2.38. The van der Waals surface area contributed by atoms with Gasteiger partial charge in [-0.2, -0.15) is 5.10 Å². The van der Waals surface area contributed by atoms with E-state index in [-0.39, 0.29) is 18.2 Å². The van der Waals surface area contributed by atoms with Gasteiger partial charge in [-0.05, 0) is 30.7 Å². The van der Waals surface area contributed by atoms with Crippen LogP contribution in [0.1, 0.15) is 39.8 Å². The zero-order valence-corrected chi connectivity index (χ0v) is 15.6. The maximum atomic E-state index is 13.5. The molecule has 0 fully saturated rings. The maximum absolute atomic E-state index is 13.5. The van der Waals surface area contributed by atoms with Gasteiger partial charge in [0.25, 0.3) is 5.91 Å². The van der Waals surface area contributed by atoms with Gasteiger partial charge in [0.05, 0.1) is 30.9 Å². The minimum Gasteiger partial charge on any atom is -0.386 e. The van der Waals surface area contributed by atoms with Crippen LogP contribution in [0.3, 0.4) is 0 Å². The van der Waals surface area contributed by atoms with Gasteiger partial charge in [0.1, 0.15) is 11.9 Å². The molecule has 2 amide bonds. The highest BCUT2D eigenvalue weighted by Gasteiger charge is 2.26. The summed E-state index contributed by atoms with van der Waals surface area (Å²) in [6, 6.07) is 5.89. The number of halogens is 1. The van der Waals surface area contributed by atoms with E-state index >= 15 is 0 Å². The molecule has 0 spiro atoms. The molecule has 144 valence electrons. The maximum Gasteiger partial charge on any atom is 0.254 e. The number of hydrogen-bond donors (Lipinski definition) is 1. The number of fused-ring (bicyclic) bond motifs is 1. The number of aliphatic hydroxyl groups excluding tert-OH is 1. The van der Waals surface area contributed by atoms with E-state index < -0.39 is 11.9 Å². The number of aromatic nitrogens is 2. The van der Waals surface area contributed by atoms with Gasteiger partial charge in [-0.25, -0.2) is 4.39 Å². The molecule has 1 aliphatic rings. The molecule has 8 heteroatoms. The van der Waals surface area contributed by atoms with Crippen molar-refractivity contribution in [1.82, 2.24) is 19.6 Å². The van der Waals surface area contributed by atoms with Gasteiger partial charge in [0, 0.05) is 26.2 Å². The molecule has 1 aromatic heterocycles. The molecule has 1 N–H and O–H groups in total. The summed E-state index contributed by atoms with van der Waals surface area (Å²) in [6.07, 6.45) is -1.04. The van der Waals surface area contributed by atoms with E-state index in [9.17, 15) is 19.1 Å². The van der Waals surface area contributed by atoms with Crippen molar-refractivity contribution < 1.29 is 19.1 Å². The van der Waals surface area contributed by atoms with Crippen LogP contribution in [0.2, 0.25) is 0 Å². The second-order valence-electron chi connectivity index (χ2n) is 6.98. The van der Waals surface area contributed by atoms with Gasteiger partial charge < -0.3 is 14.9 Å². The van der Waals surface area contributed by atoms with Crippen LogP contribution in [0.5, 0.6) is 0 Å². The van der Waals surface area contributed by atoms with E-state index in [2.05, 4.69) is 5.10 Å². The number of aryl methyl sites for hydroxylation is 1. The van der Waals surface area contributed by atoms with Crippen molar-refractivity contribution in [3.05, 3.63) is 52.6 Å². The second-order valence-corrected chi connectivity index (χ2v) is 6.98. The summed E-state index contributed by atoms with van der Waals surface area (Å²) in [5, 5.41) is 14.6. The Kier molecular flexibility index (Phi) is 5.27. The van der Waals surface area contributed by atoms with Crippen LogP contribution in [-0.4, -0.2) is 57.1 Å². The van der Waals surface area contributed by atoms with Crippen molar-refractivity contribution in [2.24, 2.45) is 0 Å². The molecule has 2 heterocycles. The van der Waals surface area contributed by atoms with Crippen molar-refractivity contribution in [3.63, 3.8) is 0 Å². The van der Waals surface area contributed by atoms with Crippen LogP contribution in [-0.2, 0) is 17.9 Å². The van der Waals surface area contributed by atoms with Crippen LogP contribution in [0, 0.1) is 12.7 Å². The molecule has 2 aromatic rings. The highest BCUT2D eigenvalue weighted by Crippen LogP contribution is 2.22. The molecule has 0 unspecified atom stereocenters. The highest BCUT2D eigenvalue weighted by atomic mass is 19.1. The number of hydrogen-bond acceptors (Lipinski definition) is 4. The van der Waals surface area contributed by atoms with Crippen LogP contribution in [0.15, 0.2) is 24.3 Å². The van der Waals surface area contributed by atoms with E-state index in [1.54, 1.807) is 42.7 Å². The van der Waals surface area contributed by atoms with Gasteiger partial charge in [0.15, 0.2) is 0 Å². The zero-order chi connectivity index (χ0) is 19.7. The lowest BCUT2D eigenvalue weighted by molar-refractivity contribution is -0.130. The van der Waals surface area contributed by atoms with E-state index in [1.807, 2.05) is 0 Å². The molecule has 0 saturated carbocycles. The van der Waals surface area contributed by atoms with E-state index in [1.165, 1.54) is 17.0 Å². The van der Waals surface area contributed by atoms with Gasteiger partial charge in [0.2, 0.25) is 5.91 Å². The third-order valence-corrected chi connectivity index (χ3v) is 4.74. The van der Waals surface area contributed by atoms with E-state index in [4.69, 9.17) is 0 Å². The molecule has 1 aliphatic heterocycles. The summed E-state index contributed by atoms with van der Waals surface area (Å²) in [6.45, 7) is 3.01. The standard InChI is InChI=1S/C19H23FN4O3/c1-12-4-5-13(20)8-15(12)19(27)23-6-7-24-14(11-23)9-16(21-24)17(25)10-18(26)22(2)3/h4-5,8-9,17,25H,6-7,10-11H2,1-3H3/t17-/m0/s1. The molecule has 27 heavy (non-hydrogen) atoms. The Morgan fingerprint density at radius 3 is 2.74 bits per heavy atom. The first kappa shape index (κ1) is 19.0. The minimum absolute atomic E-state index is 0.0470. The summed E-state index contributed by atoms with van der Waals surface area (Å²) >= 11 is 0. The Balaban J connectivity index is 1.75. The average Bonchev–Trinajstić information content (AvgIpc) is 3.06. The summed E-state index contributed by atoms with van der Waals surface area (Å²) < 4.78 is 15.3. The molecule has 0 aliphatic carbocycles. The SMILES string of the molecule is Cc1ccc(F)cc1C(=O)N1CCn2nc([C@@H](O)CC(=O)N(C)C)cc2C1. The quantitative estimate of drug-likeness (QED) is 0.880. The fourth-order valence-electron chi connectivity index (χ4n) is 3.07. The predicted molar refractivity (Wildman–Crippen MR) is 96.4 cm³/mol. The smallest absolute Gasteiger partial charge is 0.254 e. The third kappa shape index (κ3) is 4.00. The minimum atomic E-state index is -0.993. The summed E-state index contributed by atoms with van der Waals surface area (Å²) in [4.78, 5) is 27.6. The number of benzene rings is 1. The van der Waals surface area contributed by atoms with Crippen LogP contribution in [0.25, 0.3) is 0 Å². The number of rotatable bonds is 4. The van der Waals surface area contributed by atoms with Crippen molar-refractivity contribution >= 4 is 11.8 Å². The first-order valence-electron chi connectivity index (χ1n) is 8.76. The van der Waals surface area contributed by atoms with Gasteiger partial charge >= 0.3 is 0 Å². The van der Waals surface area contributed by atoms with Crippen LogP contribution in [0.4, 0.5) is 4.39 Å². The van der Waals surface area contributed by atoms with E-state index in [0.29, 0.717) is 30.9 Å². The Morgan fingerprint density at radius 1 is 1.30 bits per heavy atom. The third-order valence-electron chi connectivity index (χ3n) is 4.74. The summed E-state index contributed by atoms with van der Waals surface area (Å²) in [5.74, 6) is -0.863. The van der Waals surface area contributed by atoms with Gasteiger partial charge in [-0.15, -0.1) is 0 Å². The highest BCUT2D eigenvalue weighted by molar-refractivity contribution is 5.95. The van der Waals surface area contributed by atoms with Crippen molar-refractivity contribution in [1.29, 1.82) is 0 Å². The molecular weight excluding hydrogens is 351 g/mol. The Bertz CT molecular complexity index is 878. The number of carbonyl (C=O) groups excluding carboxylic acids is 2. The fourth-order valence-corrected chi connectivity index (χ4v) is 3.07. The second kappa shape index (κ2) is 7.48. The molecule has 1 atom stereocenters. The van der Waals surface area contributed by atoms with Crippen LogP contribution < -0.4 is 0 Å². The fraction of sp³-hybridized carbons (Fsp3) is 0.421. The number of nitrogens with zero attached hydrogens (tertiary/aromatic N) is 4. The van der Waals surface area contributed by atoms with Gasteiger partial charge in [-0.3, -0.25) is 14.3 Å². The van der Waals surface area contributed by atoms with Crippen LogP contribution >= 0.6 is 0 Å². The summed E-state index contributed by atoms with van der Waals surface area (Å²) in [7, 11) is 3.26. The Hall–Kier alpha value is -2.74. The van der Waals surface area contributed by atoms with Crippen molar-refractivity contribution in [2.75, 3.05) is 20.6 Å². The largest absolute Gasteiger partial charge is 0.386 e. The molecule has 0 radical (unpaired) electrons. The zero-order valence-electron chi connectivity index (χ0n) is 15.6.